The highest BCUT2D eigenvalue weighted by Gasteiger charge is 2.19. The second-order valence-electron chi connectivity index (χ2n) is 6.52. The number of ketones is 1. The Balaban J connectivity index is 1.84. The number of nitrogens with one attached hydrogen (secondary N) is 1. The van der Waals surface area contributed by atoms with Gasteiger partial charge in [-0.25, -0.2) is 4.79 Å². The largest absolute Gasteiger partial charge is 0.451 e. The van der Waals surface area contributed by atoms with E-state index < -0.39 is 18.5 Å². The van der Waals surface area contributed by atoms with Gasteiger partial charge in [-0.2, -0.15) is 0 Å². The Morgan fingerprint density at radius 2 is 1.79 bits per heavy atom. The van der Waals surface area contributed by atoms with Crippen molar-refractivity contribution < 1.29 is 23.9 Å². The molecule has 0 radical (unpaired) electrons. The number of carbonyl (C=O) groups is 4. The van der Waals surface area contributed by atoms with Gasteiger partial charge >= 0.3 is 5.97 Å². The number of aryl methyl sites for hydroxylation is 2. The number of aromatic nitrogens is 1. The first kappa shape index (κ1) is 20.9. The molecule has 0 aliphatic rings. The van der Waals surface area contributed by atoms with Crippen LogP contribution in [-0.4, -0.2) is 53.2 Å². The van der Waals surface area contributed by atoms with E-state index in [2.05, 4.69) is 5.32 Å². The molecular formula is C20H23N3O5. The lowest BCUT2D eigenvalue weighted by Crippen LogP contribution is -2.37. The number of anilines is 1. The van der Waals surface area contributed by atoms with Crippen molar-refractivity contribution in [3.8, 4) is 0 Å². The predicted molar refractivity (Wildman–Crippen MR) is 103 cm³/mol. The molecule has 2 rings (SSSR count). The van der Waals surface area contributed by atoms with E-state index in [4.69, 9.17) is 4.74 Å². The van der Waals surface area contributed by atoms with Crippen LogP contribution in [0, 0.1) is 6.92 Å². The summed E-state index contributed by atoms with van der Waals surface area (Å²) in [6.45, 7) is 2.65. The maximum Gasteiger partial charge on any atom is 0.355 e. The minimum absolute atomic E-state index is 0.165. The van der Waals surface area contributed by atoms with Gasteiger partial charge in [0.25, 0.3) is 5.91 Å². The maximum atomic E-state index is 12.1. The summed E-state index contributed by atoms with van der Waals surface area (Å²) >= 11 is 0. The summed E-state index contributed by atoms with van der Waals surface area (Å²) in [5.41, 5.74) is 2.25. The molecular weight excluding hydrogens is 362 g/mol. The molecule has 0 fully saturated rings. The third kappa shape index (κ3) is 5.54. The zero-order valence-electron chi connectivity index (χ0n) is 16.3. The van der Waals surface area contributed by atoms with Crippen molar-refractivity contribution in [1.82, 2.24) is 9.47 Å². The van der Waals surface area contributed by atoms with E-state index in [9.17, 15) is 19.2 Å². The van der Waals surface area contributed by atoms with Crippen LogP contribution in [0.15, 0.2) is 36.5 Å². The molecule has 0 spiro atoms. The first-order valence-electron chi connectivity index (χ1n) is 8.62. The van der Waals surface area contributed by atoms with Crippen molar-refractivity contribution in [2.45, 2.75) is 13.8 Å². The van der Waals surface area contributed by atoms with E-state index in [-0.39, 0.29) is 23.9 Å². The molecule has 0 atom stereocenters. The van der Waals surface area contributed by atoms with Crippen LogP contribution < -0.4 is 5.32 Å². The fourth-order valence-corrected chi connectivity index (χ4v) is 2.41. The Labute approximate surface area is 163 Å². The molecule has 8 nitrogen and oxygen atoms in total. The molecule has 8 heteroatoms. The van der Waals surface area contributed by atoms with Crippen molar-refractivity contribution in [2.75, 3.05) is 25.5 Å². The number of hydrogen-bond donors (Lipinski definition) is 1. The van der Waals surface area contributed by atoms with Gasteiger partial charge in [0.15, 0.2) is 12.4 Å². The second kappa shape index (κ2) is 8.98. The lowest BCUT2D eigenvalue weighted by atomic mass is 10.2. The van der Waals surface area contributed by atoms with Crippen molar-refractivity contribution >= 4 is 29.3 Å². The van der Waals surface area contributed by atoms with Crippen LogP contribution in [0.4, 0.5) is 5.69 Å². The Morgan fingerprint density at radius 1 is 1.14 bits per heavy atom. The third-order valence-corrected chi connectivity index (χ3v) is 4.09. The number of benzene rings is 1. The number of carbonyl (C=O) groups excluding carboxylic acids is 4. The van der Waals surface area contributed by atoms with E-state index >= 15 is 0 Å². The van der Waals surface area contributed by atoms with E-state index in [1.165, 1.54) is 35.7 Å². The quantitative estimate of drug-likeness (QED) is 0.579. The van der Waals surface area contributed by atoms with Crippen molar-refractivity contribution in [3.05, 3.63) is 53.3 Å². The zero-order chi connectivity index (χ0) is 20.8. The van der Waals surface area contributed by atoms with Crippen molar-refractivity contribution in [3.63, 3.8) is 0 Å². The second-order valence-corrected chi connectivity index (χ2v) is 6.52. The van der Waals surface area contributed by atoms with Gasteiger partial charge in [-0.3, -0.25) is 14.4 Å². The average molecular weight is 385 g/mol. The molecule has 1 N–H and O–H groups in total. The molecule has 1 heterocycles. The molecule has 0 saturated heterocycles. The number of ether oxygens (including phenoxy) is 1. The summed E-state index contributed by atoms with van der Waals surface area (Å²) in [5.74, 6) is -1.78. The van der Waals surface area contributed by atoms with E-state index in [0.717, 1.165) is 5.56 Å². The highest BCUT2D eigenvalue weighted by atomic mass is 16.5. The highest BCUT2D eigenvalue weighted by Crippen LogP contribution is 2.10. The summed E-state index contributed by atoms with van der Waals surface area (Å²) in [6, 6.07) is 8.68. The summed E-state index contributed by atoms with van der Waals surface area (Å²) in [5, 5.41) is 2.69. The van der Waals surface area contributed by atoms with E-state index in [1.54, 1.807) is 19.2 Å². The molecule has 0 saturated carbocycles. The van der Waals surface area contributed by atoms with Gasteiger partial charge in [-0.05, 0) is 32.0 Å². The van der Waals surface area contributed by atoms with Crippen molar-refractivity contribution in [1.29, 1.82) is 0 Å². The minimum atomic E-state index is -0.721. The van der Waals surface area contributed by atoms with E-state index in [1.807, 2.05) is 19.1 Å². The number of Topliss-reactive ketones (excluding diaryl/α,β-unsaturated/α-hetero) is 1. The van der Waals surface area contributed by atoms with Crippen LogP contribution in [0.1, 0.15) is 33.3 Å². The number of nitrogens with zero attached hydrogens (tertiary/aromatic N) is 2. The Morgan fingerprint density at radius 3 is 2.36 bits per heavy atom. The number of amides is 2. The number of esters is 1. The highest BCUT2D eigenvalue weighted by molar-refractivity contribution is 5.98. The molecule has 1 aromatic carbocycles. The Hall–Kier alpha value is -3.42. The molecule has 2 amide bonds. The third-order valence-electron chi connectivity index (χ3n) is 4.09. The van der Waals surface area contributed by atoms with Crippen LogP contribution in [0.3, 0.4) is 0 Å². The smallest absolute Gasteiger partial charge is 0.355 e. The van der Waals surface area contributed by atoms with Gasteiger partial charge in [0.05, 0.1) is 6.54 Å². The van der Waals surface area contributed by atoms with Crippen LogP contribution in [-0.2, 0) is 21.4 Å². The van der Waals surface area contributed by atoms with Crippen LogP contribution in [0.5, 0.6) is 0 Å². The zero-order valence-corrected chi connectivity index (χ0v) is 16.3. The SMILES string of the molecule is CC(=O)c1cc(C(=O)OCC(=O)N(C)CC(=O)Nc2ccc(C)cc2)n(C)c1. The van der Waals surface area contributed by atoms with Gasteiger partial charge in [0.2, 0.25) is 5.91 Å². The normalized spacial score (nSPS) is 10.3. The standard InChI is InChI=1S/C20H23N3O5/c1-13-5-7-16(8-6-13)21-18(25)11-23(4)19(26)12-28-20(27)17-9-15(14(2)24)10-22(17)3/h5-10H,11-12H2,1-4H3,(H,21,25). The lowest BCUT2D eigenvalue weighted by molar-refractivity contribution is -0.136. The van der Waals surface area contributed by atoms with Crippen LogP contribution >= 0.6 is 0 Å². The lowest BCUT2D eigenvalue weighted by Gasteiger charge is -2.17. The minimum Gasteiger partial charge on any atom is -0.451 e. The van der Waals surface area contributed by atoms with Gasteiger partial charge < -0.3 is 19.5 Å². The Bertz CT molecular complexity index is 899. The summed E-state index contributed by atoms with van der Waals surface area (Å²) in [4.78, 5) is 48.8. The van der Waals surface area contributed by atoms with Gasteiger partial charge in [0.1, 0.15) is 5.69 Å². The molecule has 28 heavy (non-hydrogen) atoms. The van der Waals surface area contributed by atoms with Gasteiger partial charge in [0, 0.05) is 31.5 Å². The fourth-order valence-electron chi connectivity index (χ4n) is 2.41. The van der Waals surface area contributed by atoms with Crippen LogP contribution in [0.25, 0.3) is 0 Å². The van der Waals surface area contributed by atoms with Gasteiger partial charge in [-0.1, -0.05) is 17.7 Å². The molecule has 0 aliphatic heterocycles. The number of rotatable bonds is 7. The molecule has 0 bridgehead atoms. The number of likely N-dealkylation sites (N-methyl/N-ethyl adjacent to an activating group) is 1. The molecule has 0 unspecified atom stereocenters. The topological polar surface area (TPSA) is 97.7 Å². The fraction of sp³-hybridized carbons (Fsp3) is 0.300. The van der Waals surface area contributed by atoms with E-state index in [0.29, 0.717) is 11.3 Å². The molecule has 0 aliphatic carbocycles. The molecule has 2 aromatic rings. The predicted octanol–water partition coefficient (Wildman–Crippen LogP) is 1.79. The number of hydrogen-bond acceptors (Lipinski definition) is 5. The molecule has 1 aromatic heterocycles. The summed E-state index contributed by atoms with van der Waals surface area (Å²) in [6.07, 6.45) is 1.52. The summed E-state index contributed by atoms with van der Waals surface area (Å²) < 4.78 is 6.46. The van der Waals surface area contributed by atoms with Crippen molar-refractivity contribution in [2.24, 2.45) is 7.05 Å². The average Bonchev–Trinajstić information content (AvgIpc) is 3.03. The first-order chi connectivity index (χ1) is 13.2. The summed E-state index contributed by atoms with van der Waals surface area (Å²) in [7, 11) is 3.05. The monoisotopic (exact) mass is 385 g/mol. The van der Waals surface area contributed by atoms with Gasteiger partial charge in [-0.15, -0.1) is 0 Å². The molecule has 148 valence electrons. The van der Waals surface area contributed by atoms with Crippen LogP contribution in [0.2, 0.25) is 0 Å². The Kier molecular flexibility index (Phi) is 6.70. The first-order valence-corrected chi connectivity index (χ1v) is 8.62. The maximum absolute atomic E-state index is 12.1.